The van der Waals surface area contributed by atoms with Crippen molar-refractivity contribution in [2.24, 2.45) is 0 Å². The van der Waals surface area contributed by atoms with Crippen molar-refractivity contribution in [3.05, 3.63) is 83.4 Å². The monoisotopic (exact) mass is 661 g/mol. The Morgan fingerprint density at radius 1 is 1.07 bits per heavy atom. The van der Waals surface area contributed by atoms with E-state index in [1.807, 2.05) is 11.0 Å². The van der Waals surface area contributed by atoms with Crippen LogP contribution >= 0.6 is 0 Å². The molecule has 2 heterocycles. The van der Waals surface area contributed by atoms with Gasteiger partial charge in [-0.25, -0.2) is 8.42 Å². The SMILES string of the molecule is CCS(=O)(=O)c1ccc(C(CC#N)NC(=O)c2ccc(N3C[C@H](c4ccc5c(c4)OC(F)(F)O5)CC[C@H]3COC(F)F)cc2)cc1. The fraction of sp³-hybridized carbons (Fsp3) is 0.375. The molecule has 5 rings (SSSR count). The zero-order valence-corrected chi connectivity index (χ0v) is 25.5. The lowest BCUT2D eigenvalue weighted by Gasteiger charge is -2.41. The van der Waals surface area contributed by atoms with Gasteiger partial charge in [0.2, 0.25) is 0 Å². The number of rotatable bonds is 11. The van der Waals surface area contributed by atoms with Crippen LogP contribution in [0.25, 0.3) is 0 Å². The minimum Gasteiger partial charge on any atom is -0.395 e. The van der Waals surface area contributed by atoms with Gasteiger partial charge in [-0.05, 0) is 72.5 Å². The molecule has 3 aromatic carbocycles. The van der Waals surface area contributed by atoms with Crippen LogP contribution in [0.2, 0.25) is 0 Å². The number of alkyl halides is 4. The molecule has 0 spiro atoms. The zero-order valence-electron chi connectivity index (χ0n) is 24.7. The van der Waals surface area contributed by atoms with Crippen LogP contribution in [0.1, 0.15) is 59.6 Å². The van der Waals surface area contributed by atoms with Crippen LogP contribution in [-0.2, 0) is 14.6 Å². The number of ether oxygens (including phenoxy) is 3. The van der Waals surface area contributed by atoms with Gasteiger partial charge in [0.25, 0.3) is 5.91 Å². The summed E-state index contributed by atoms with van der Waals surface area (Å²) in [4.78, 5) is 15.2. The molecule has 0 aromatic heterocycles. The summed E-state index contributed by atoms with van der Waals surface area (Å²) in [5, 5.41) is 12.2. The highest BCUT2D eigenvalue weighted by Crippen LogP contribution is 2.44. The number of hydrogen-bond donors (Lipinski definition) is 1. The Morgan fingerprint density at radius 3 is 2.41 bits per heavy atom. The average molecular weight is 662 g/mol. The second-order valence-electron chi connectivity index (χ2n) is 11.0. The summed E-state index contributed by atoms with van der Waals surface area (Å²) in [6.45, 7) is -1.30. The first-order valence-electron chi connectivity index (χ1n) is 14.6. The molecule has 1 N–H and O–H groups in total. The number of carbonyl (C=O) groups is 1. The van der Waals surface area contributed by atoms with Gasteiger partial charge in [0.15, 0.2) is 21.3 Å². The van der Waals surface area contributed by atoms with Crippen molar-refractivity contribution in [1.82, 2.24) is 5.32 Å². The summed E-state index contributed by atoms with van der Waals surface area (Å²) >= 11 is 0. The predicted octanol–water partition coefficient (Wildman–Crippen LogP) is 6.18. The van der Waals surface area contributed by atoms with Gasteiger partial charge in [0.05, 0.1) is 41.8 Å². The predicted molar refractivity (Wildman–Crippen MR) is 159 cm³/mol. The van der Waals surface area contributed by atoms with E-state index in [0.29, 0.717) is 30.6 Å². The summed E-state index contributed by atoms with van der Waals surface area (Å²) < 4.78 is 91.0. The highest BCUT2D eigenvalue weighted by Gasteiger charge is 2.44. The number of hydrogen-bond acceptors (Lipinski definition) is 8. The van der Waals surface area contributed by atoms with E-state index in [-0.39, 0.29) is 46.7 Å². The van der Waals surface area contributed by atoms with E-state index in [4.69, 9.17) is 0 Å². The van der Waals surface area contributed by atoms with Crippen molar-refractivity contribution in [2.45, 2.75) is 62.0 Å². The van der Waals surface area contributed by atoms with Crippen molar-refractivity contribution in [2.75, 3.05) is 23.8 Å². The molecule has 2 aliphatic heterocycles. The maximum Gasteiger partial charge on any atom is 0.586 e. The van der Waals surface area contributed by atoms with E-state index >= 15 is 0 Å². The molecule has 2 aliphatic rings. The molecule has 0 bridgehead atoms. The van der Waals surface area contributed by atoms with E-state index in [2.05, 4.69) is 19.5 Å². The van der Waals surface area contributed by atoms with Crippen LogP contribution < -0.4 is 19.7 Å². The molecule has 1 saturated heterocycles. The van der Waals surface area contributed by atoms with E-state index in [9.17, 15) is 36.0 Å². The number of amides is 1. The van der Waals surface area contributed by atoms with Gasteiger partial charge < -0.3 is 24.4 Å². The summed E-state index contributed by atoms with van der Waals surface area (Å²) in [6.07, 6.45) is -2.75. The average Bonchev–Trinajstić information content (AvgIpc) is 3.36. The summed E-state index contributed by atoms with van der Waals surface area (Å²) in [5.41, 5.74) is 2.20. The first-order valence-corrected chi connectivity index (χ1v) is 16.2. The maximum atomic E-state index is 13.6. The topological polar surface area (TPSA) is 118 Å². The number of anilines is 1. The molecule has 9 nitrogen and oxygen atoms in total. The molecule has 1 unspecified atom stereocenters. The molecule has 0 radical (unpaired) electrons. The number of benzene rings is 3. The van der Waals surface area contributed by atoms with Crippen LogP contribution in [0.5, 0.6) is 11.5 Å². The van der Waals surface area contributed by atoms with Crippen molar-refractivity contribution in [1.29, 1.82) is 5.26 Å². The van der Waals surface area contributed by atoms with Crippen LogP contribution in [0.15, 0.2) is 71.6 Å². The lowest BCUT2D eigenvalue weighted by molar-refractivity contribution is -0.286. The fourth-order valence-corrected chi connectivity index (χ4v) is 6.54. The highest BCUT2D eigenvalue weighted by molar-refractivity contribution is 7.91. The first kappa shape index (κ1) is 33.0. The lowest BCUT2D eigenvalue weighted by atomic mass is 9.87. The first-order chi connectivity index (χ1) is 21.9. The Bertz CT molecular complexity index is 1700. The van der Waals surface area contributed by atoms with Gasteiger partial charge in [-0.2, -0.15) is 14.0 Å². The summed E-state index contributed by atoms with van der Waals surface area (Å²) in [6, 6.07) is 18.0. The van der Waals surface area contributed by atoms with Gasteiger partial charge in [0.1, 0.15) is 0 Å². The number of nitriles is 1. The van der Waals surface area contributed by atoms with Gasteiger partial charge in [-0.15, -0.1) is 8.78 Å². The third kappa shape index (κ3) is 7.54. The van der Waals surface area contributed by atoms with Gasteiger partial charge in [0, 0.05) is 23.7 Å². The Kier molecular flexibility index (Phi) is 9.74. The van der Waals surface area contributed by atoms with Gasteiger partial charge in [-0.1, -0.05) is 25.1 Å². The van der Waals surface area contributed by atoms with E-state index in [1.165, 1.54) is 24.3 Å². The highest BCUT2D eigenvalue weighted by atomic mass is 32.2. The quantitative estimate of drug-likeness (QED) is 0.242. The molecule has 0 aliphatic carbocycles. The van der Waals surface area contributed by atoms with Crippen molar-refractivity contribution in [3.8, 4) is 17.6 Å². The van der Waals surface area contributed by atoms with E-state index in [0.717, 1.165) is 5.56 Å². The normalized spacial score (nSPS) is 19.5. The van der Waals surface area contributed by atoms with Gasteiger partial charge in [-0.3, -0.25) is 4.79 Å². The third-order valence-electron chi connectivity index (χ3n) is 8.10. The molecule has 3 atom stereocenters. The van der Waals surface area contributed by atoms with Crippen molar-refractivity contribution in [3.63, 3.8) is 0 Å². The Hall–Kier alpha value is -4.35. The minimum atomic E-state index is -3.75. The van der Waals surface area contributed by atoms with Crippen molar-refractivity contribution >= 4 is 21.4 Å². The Morgan fingerprint density at radius 2 is 1.76 bits per heavy atom. The van der Waals surface area contributed by atoms with Crippen LogP contribution in [0.4, 0.5) is 23.2 Å². The molecule has 14 heteroatoms. The number of fused-ring (bicyclic) bond motifs is 1. The smallest absolute Gasteiger partial charge is 0.395 e. The Balaban J connectivity index is 1.32. The lowest BCUT2D eigenvalue weighted by Crippen LogP contribution is -2.45. The minimum absolute atomic E-state index is 0.0534. The number of nitrogens with zero attached hydrogens (tertiary/aromatic N) is 2. The second-order valence-corrected chi connectivity index (χ2v) is 13.2. The zero-order chi connectivity index (χ0) is 33.1. The molecular weight excluding hydrogens is 630 g/mol. The maximum absolute atomic E-state index is 13.6. The van der Waals surface area contributed by atoms with Gasteiger partial charge >= 0.3 is 12.9 Å². The Labute approximate surface area is 263 Å². The van der Waals surface area contributed by atoms with Crippen LogP contribution in [-0.4, -0.2) is 52.2 Å². The van der Waals surface area contributed by atoms with E-state index in [1.54, 1.807) is 49.4 Å². The second kappa shape index (κ2) is 13.6. The molecular formula is C32H31F4N3O6S. The largest absolute Gasteiger partial charge is 0.586 e. The molecule has 1 amide bonds. The molecule has 0 saturated carbocycles. The number of halogens is 4. The van der Waals surface area contributed by atoms with Crippen molar-refractivity contribution < 1.29 is 45.0 Å². The third-order valence-corrected chi connectivity index (χ3v) is 9.85. The van der Waals surface area contributed by atoms with E-state index < -0.39 is 40.7 Å². The number of carbonyl (C=O) groups excluding carboxylic acids is 1. The summed E-state index contributed by atoms with van der Waals surface area (Å²) in [5.74, 6) is -0.831. The molecule has 3 aromatic rings. The summed E-state index contributed by atoms with van der Waals surface area (Å²) in [7, 11) is -3.41. The fourth-order valence-electron chi connectivity index (χ4n) is 5.66. The molecule has 244 valence electrons. The standard InChI is InChI=1S/C32H31F4N3O6S/c1-2-46(41,42)26-12-6-20(7-13-26)27(15-16-37)38-30(40)21-3-9-24(10-4-21)39-18-23(5-11-25(39)19-43-31(33)34)22-8-14-28-29(17-22)45-32(35,36)44-28/h3-4,6-10,12-14,17,23,25,27,31H,2,5,11,15,18-19H2,1H3,(H,38,40)/t23-,25+,27?/m1/s1. The number of sulfone groups is 1. The number of piperidine rings is 1. The molecule has 1 fully saturated rings. The van der Waals surface area contributed by atoms with Crippen LogP contribution in [0, 0.1) is 11.3 Å². The molecule has 46 heavy (non-hydrogen) atoms. The van der Waals surface area contributed by atoms with Crippen LogP contribution in [0.3, 0.4) is 0 Å². The number of nitrogens with one attached hydrogen (secondary N) is 1.